The Labute approximate surface area is 116 Å². The molecule has 2 fully saturated rings. The van der Waals surface area contributed by atoms with Crippen molar-refractivity contribution in [3.63, 3.8) is 0 Å². The van der Waals surface area contributed by atoms with Gasteiger partial charge < -0.3 is 15.4 Å². The zero-order valence-corrected chi connectivity index (χ0v) is 12.3. The van der Waals surface area contributed by atoms with Crippen molar-refractivity contribution in [1.29, 1.82) is 0 Å². The Morgan fingerprint density at radius 3 is 2.68 bits per heavy atom. The van der Waals surface area contributed by atoms with Gasteiger partial charge in [0.2, 0.25) is 5.91 Å². The molecule has 3 atom stereocenters. The van der Waals surface area contributed by atoms with Gasteiger partial charge in [-0.1, -0.05) is 0 Å². The number of ether oxygens (including phenoxy) is 1. The van der Waals surface area contributed by atoms with E-state index in [1.54, 1.807) is 6.92 Å². The number of carbonyl (C=O) groups excluding carboxylic acids is 1. The SMILES string of the molecule is CC(C)OCC1CCC2CN(C(=O)C(C)N)CCN12. The van der Waals surface area contributed by atoms with E-state index in [1.807, 2.05) is 4.90 Å². The Morgan fingerprint density at radius 2 is 2.05 bits per heavy atom. The Morgan fingerprint density at radius 1 is 1.32 bits per heavy atom. The Kier molecular flexibility index (Phi) is 4.81. The van der Waals surface area contributed by atoms with E-state index in [0.717, 1.165) is 32.7 Å². The first-order chi connectivity index (χ1) is 8.99. The van der Waals surface area contributed by atoms with Gasteiger partial charge in [-0.05, 0) is 33.6 Å². The van der Waals surface area contributed by atoms with E-state index in [9.17, 15) is 4.79 Å². The lowest BCUT2D eigenvalue weighted by atomic mass is 10.1. The molecule has 2 aliphatic rings. The zero-order chi connectivity index (χ0) is 14.0. The molecule has 5 heteroatoms. The fourth-order valence-corrected chi connectivity index (χ4v) is 3.13. The van der Waals surface area contributed by atoms with Crippen molar-refractivity contribution in [3.05, 3.63) is 0 Å². The quantitative estimate of drug-likeness (QED) is 0.804. The van der Waals surface area contributed by atoms with Crippen LogP contribution in [0.4, 0.5) is 0 Å². The van der Waals surface area contributed by atoms with Gasteiger partial charge >= 0.3 is 0 Å². The van der Waals surface area contributed by atoms with Gasteiger partial charge in [0.25, 0.3) is 0 Å². The van der Waals surface area contributed by atoms with Crippen LogP contribution in [-0.2, 0) is 9.53 Å². The van der Waals surface area contributed by atoms with E-state index in [0.29, 0.717) is 18.2 Å². The molecule has 0 saturated carbocycles. The molecule has 2 aliphatic heterocycles. The number of piperazine rings is 1. The summed E-state index contributed by atoms with van der Waals surface area (Å²) in [6.07, 6.45) is 2.63. The molecule has 19 heavy (non-hydrogen) atoms. The van der Waals surface area contributed by atoms with Crippen LogP contribution in [0.15, 0.2) is 0 Å². The highest BCUT2D eigenvalue weighted by atomic mass is 16.5. The lowest BCUT2D eigenvalue weighted by Gasteiger charge is -2.40. The van der Waals surface area contributed by atoms with Crippen LogP contribution in [0, 0.1) is 0 Å². The Balaban J connectivity index is 1.86. The molecule has 3 unspecified atom stereocenters. The number of carbonyl (C=O) groups is 1. The number of nitrogens with two attached hydrogens (primary N) is 1. The Bertz CT molecular complexity index is 320. The van der Waals surface area contributed by atoms with Gasteiger partial charge in [-0.2, -0.15) is 0 Å². The third-order valence-electron chi connectivity index (χ3n) is 4.15. The first-order valence-electron chi connectivity index (χ1n) is 7.40. The molecule has 0 aromatic rings. The predicted octanol–water partition coefficient (Wildman–Crippen LogP) is 0.434. The second kappa shape index (κ2) is 6.20. The summed E-state index contributed by atoms with van der Waals surface area (Å²) in [4.78, 5) is 16.4. The first-order valence-corrected chi connectivity index (χ1v) is 7.40. The highest BCUT2D eigenvalue weighted by Crippen LogP contribution is 2.28. The topological polar surface area (TPSA) is 58.8 Å². The summed E-state index contributed by atoms with van der Waals surface area (Å²) < 4.78 is 5.75. The number of fused-ring (bicyclic) bond motifs is 1. The highest BCUT2D eigenvalue weighted by molar-refractivity contribution is 5.81. The van der Waals surface area contributed by atoms with Crippen molar-refractivity contribution in [1.82, 2.24) is 9.80 Å². The molecule has 0 aromatic heterocycles. The second-order valence-corrected chi connectivity index (χ2v) is 6.08. The molecule has 0 aliphatic carbocycles. The fourth-order valence-electron chi connectivity index (χ4n) is 3.13. The molecule has 2 saturated heterocycles. The van der Waals surface area contributed by atoms with Crippen LogP contribution in [0.3, 0.4) is 0 Å². The minimum Gasteiger partial charge on any atom is -0.377 e. The van der Waals surface area contributed by atoms with E-state index in [4.69, 9.17) is 10.5 Å². The van der Waals surface area contributed by atoms with E-state index in [1.165, 1.54) is 6.42 Å². The van der Waals surface area contributed by atoms with Gasteiger partial charge in [0.15, 0.2) is 0 Å². The van der Waals surface area contributed by atoms with Crippen molar-refractivity contribution in [2.45, 2.75) is 57.8 Å². The summed E-state index contributed by atoms with van der Waals surface area (Å²) in [6.45, 7) is 9.32. The molecule has 5 nitrogen and oxygen atoms in total. The molecule has 1 amide bonds. The molecular formula is C14H27N3O2. The number of hydrogen-bond acceptors (Lipinski definition) is 4. The molecule has 2 heterocycles. The number of nitrogens with zero attached hydrogens (tertiary/aromatic N) is 2. The fraction of sp³-hybridized carbons (Fsp3) is 0.929. The highest BCUT2D eigenvalue weighted by Gasteiger charge is 2.38. The molecule has 0 radical (unpaired) electrons. The maximum absolute atomic E-state index is 11.9. The van der Waals surface area contributed by atoms with Crippen LogP contribution >= 0.6 is 0 Å². The summed E-state index contributed by atoms with van der Waals surface area (Å²) >= 11 is 0. The van der Waals surface area contributed by atoms with Crippen molar-refractivity contribution < 1.29 is 9.53 Å². The summed E-state index contributed by atoms with van der Waals surface area (Å²) in [5, 5.41) is 0. The number of hydrogen-bond donors (Lipinski definition) is 1. The van der Waals surface area contributed by atoms with Crippen LogP contribution in [0.1, 0.15) is 33.6 Å². The molecule has 110 valence electrons. The van der Waals surface area contributed by atoms with Gasteiger partial charge in [-0.15, -0.1) is 0 Å². The van der Waals surface area contributed by atoms with Gasteiger partial charge in [-0.3, -0.25) is 9.69 Å². The largest absolute Gasteiger partial charge is 0.377 e. The monoisotopic (exact) mass is 269 g/mol. The van der Waals surface area contributed by atoms with E-state index < -0.39 is 0 Å². The smallest absolute Gasteiger partial charge is 0.239 e. The molecular weight excluding hydrogens is 242 g/mol. The zero-order valence-electron chi connectivity index (χ0n) is 12.3. The minimum atomic E-state index is -0.381. The van der Waals surface area contributed by atoms with E-state index in [-0.39, 0.29) is 11.9 Å². The van der Waals surface area contributed by atoms with Crippen molar-refractivity contribution in [2.75, 3.05) is 26.2 Å². The van der Waals surface area contributed by atoms with Crippen molar-refractivity contribution in [2.24, 2.45) is 5.73 Å². The summed E-state index contributed by atoms with van der Waals surface area (Å²) in [5.74, 6) is 0.0848. The first kappa shape index (κ1) is 14.8. The number of rotatable bonds is 4. The summed E-state index contributed by atoms with van der Waals surface area (Å²) in [6, 6.07) is 0.644. The maximum Gasteiger partial charge on any atom is 0.239 e. The van der Waals surface area contributed by atoms with E-state index in [2.05, 4.69) is 18.7 Å². The molecule has 0 bridgehead atoms. The molecule has 0 spiro atoms. The van der Waals surface area contributed by atoms with Gasteiger partial charge in [0.05, 0.1) is 18.8 Å². The lowest BCUT2D eigenvalue weighted by molar-refractivity contribution is -0.135. The average Bonchev–Trinajstić information content (AvgIpc) is 2.77. The maximum atomic E-state index is 11.9. The van der Waals surface area contributed by atoms with Crippen molar-refractivity contribution >= 4 is 5.91 Å². The third kappa shape index (κ3) is 3.46. The van der Waals surface area contributed by atoms with Gasteiger partial charge in [0.1, 0.15) is 0 Å². The predicted molar refractivity (Wildman–Crippen MR) is 74.8 cm³/mol. The number of amides is 1. The van der Waals surface area contributed by atoms with Gasteiger partial charge in [0, 0.05) is 31.7 Å². The second-order valence-electron chi connectivity index (χ2n) is 6.08. The Hall–Kier alpha value is -0.650. The molecule has 2 N–H and O–H groups in total. The summed E-state index contributed by atoms with van der Waals surface area (Å²) in [5.41, 5.74) is 5.69. The standard InChI is InChI=1S/C14H27N3O2/c1-10(2)19-9-13-5-4-12-8-16(6-7-17(12)13)14(18)11(3)15/h10-13H,4-9,15H2,1-3H3. The third-order valence-corrected chi connectivity index (χ3v) is 4.15. The van der Waals surface area contributed by atoms with Crippen LogP contribution in [0.5, 0.6) is 0 Å². The van der Waals surface area contributed by atoms with Crippen LogP contribution < -0.4 is 5.73 Å². The normalized spacial score (nSPS) is 29.6. The van der Waals surface area contributed by atoms with Crippen LogP contribution in [0.25, 0.3) is 0 Å². The molecule has 0 aromatic carbocycles. The summed E-state index contributed by atoms with van der Waals surface area (Å²) in [7, 11) is 0. The van der Waals surface area contributed by atoms with Crippen LogP contribution in [-0.4, -0.2) is 66.2 Å². The van der Waals surface area contributed by atoms with Crippen LogP contribution in [0.2, 0.25) is 0 Å². The minimum absolute atomic E-state index is 0.0848. The lowest BCUT2D eigenvalue weighted by Crippen LogP contribution is -2.57. The average molecular weight is 269 g/mol. The van der Waals surface area contributed by atoms with Crippen molar-refractivity contribution in [3.8, 4) is 0 Å². The van der Waals surface area contributed by atoms with Gasteiger partial charge in [-0.25, -0.2) is 0 Å². The van der Waals surface area contributed by atoms with E-state index >= 15 is 0 Å². The molecule has 2 rings (SSSR count).